The molecule has 2 aromatic carbocycles. The lowest BCUT2D eigenvalue weighted by molar-refractivity contribution is 0.0959. The van der Waals surface area contributed by atoms with E-state index in [4.69, 9.17) is 16.6 Å². The van der Waals surface area contributed by atoms with Crippen molar-refractivity contribution in [3.05, 3.63) is 83.0 Å². The Labute approximate surface area is 201 Å². The van der Waals surface area contributed by atoms with Gasteiger partial charge in [0.1, 0.15) is 11.6 Å². The van der Waals surface area contributed by atoms with Gasteiger partial charge in [-0.2, -0.15) is 0 Å². The molecule has 1 amide bonds. The third kappa shape index (κ3) is 4.31. The van der Waals surface area contributed by atoms with E-state index in [1.165, 1.54) is 19.2 Å². The van der Waals surface area contributed by atoms with E-state index in [0.29, 0.717) is 16.3 Å². The van der Waals surface area contributed by atoms with E-state index in [2.05, 4.69) is 26.3 Å². The van der Waals surface area contributed by atoms with Crippen molar-refractivity contribution in [2.45, 2.75) is 18.8 Å². The molecule has 0 unspecified atom stereocenters. The topological polar surface area (TPSA) is 71.0 Å². The molecule has 1 fully saturated rings. The number of aromatic nitrogens is 3. The number of nitrogens with zero attached hydrogens (tertiary/aromatic N) is 4. The van der Waals surface area contributed by atoms with Gasteiger partial charge in [-0.05, 0) is 49.2 Å². The van der Waals surface area contributed by atoms with Crippen LogP contribution in [0.1, 0.15) is 34.8 Å². The maximum absolute atomic E-state index is 14.6. The Kier molecular flexibility index (Phi) is 6.11. The van der Waals surface area contributed by atoms with Crippen LogP contribution in [0.5, 0.6) is 0 Å². The van der Waals surface area contributed by atoms with Crippen LogP contribution in [-0.4, -0.2) is 41.0 Å². The number of anilines is 1. The van der Waals surface area contributed by atoms with E-state index in [0.717, 1.165) is 48.3 Å². The van der Waals surface area contributed by atoms with Crippen LogP contribution >= 0.6 is 11.6 Å². The second-order valence-corrected chi connectivity index (χ2v) is 8.77. The highest BCUT2D eigenvalue weighted by molar-refractivity contribution is 6.31. The lowest BCUT2D eigenvalue weighted by Crippen LogP contribution is -2.33. The monoisotopic (exact) mass is 475 g/mol. The van der Waals surface area contributed by atoms with Crippen LogP contribution in [-0.2, 0) is 0 Å². The van der Waals surface area contributed by atoms with Crippen molar-refractivity contribution in [1.29, 1.82) is 0 Å². The van der Waals surface area contributed by atoms with Crippen LogP contribution in [0.15, 0.2) is 60.9 Å². The highest BCUT2D eigenvalue weighted by Gasteiger charge is 2.26. The maximum Gasteiger partial charge on any atom is 0.253 e. The van der Waals surface area contributed by atoms with Crippen molar-refractivity contribution in [2.75, 3.05) is 25.0 Å². The molecule has 6 nitrogen and oxygen atoms in total. The SMILES string of the molecule is CNC(=O)c1ccc(-c2nccnc2C2CCN(c3ccc4ccc(Cl)cc4n3)CC2)cc1F. The summed E-state index contributed by atoms with van der Waals surface area (Å²) in [5, 5.41) is 4.18. The fraction of sp³-hybridized carbons (Fsp3) is 0.231. The van der Waals surface area contributed by atoms with Gasteiger partial charge in [0, 0.05) is 54.4 Å². The van der Waals surface area contributed by atoms with E-state index in [-0.39, 0.29) is 11.5 Å². The number of rotatable bonds is 4. The molecular weight excluding hydrogens is 453 g/mol. The summed E-state index contributed by atoms with van der Waals surface area (Å²) in [6.45, 7) is 1.65. The van der Waals surface area contributed by atoms with E-state index < -0.39 is 11.7 Å². The van der Waals surface area contributed by atoms with Gasteiger partial charge in [0.05, 0.1) is 22.5 Å². The number of fused-ring (bicyclic) bond motifs is 1. The zero-order chi connectivity index (χ0) is 23.7. The van der Waals surface area contributed by atoms with E-state index in [9.17, 15) is 9.18 Å². The summed E-state index contributed by atoms with van der Waals surface area (Å²) in [5.74, 6) is 0.0853. The number of carbonyl (C=O) groups is 1. The van der Waals surface area contributed by atoms with Crippen LogP contribution in [0.25, 0.3) is 22.2 Å². The lowest BCUT2D eigenvalue weighted by atomic mass is 9.90. The zero-order valence-electron chi connectivity index (χ0n) is 18.6. The first-order valence-corrected chi connectivity index (χ1v) is 11.6. The summed E-state index contributed by atoms with van der Waals surface area (Å²) in [6, 6.07) is 14.4. The normalized spacial score (nSPS) is 14.4. The van der Waals surface area contributed by atoms with Gasteiger partial charge in [0.25, 0.3) is 5.91 Å². The molecule has 3 heterocycles. The molecule has 1 aliphatic heterocycles. The number of amides is 1. The standard InChI is InChI=1S/C26H23ClFN5O/c1-29-26(34)20-6-3-18(14-21(20)28)25-24(30-10-11-31-25)17-8-12-33(13-9-17)23-7-4-16-2-5-19(27)15-22(16)32-23/h2-7,10-11,14-15,17H,8-9,12-13H2,1H3,(H,29,34). The first-order valence-electron chi connectivity index (χ1n) is 11.2. The molecule has 0 radical (unpaired) electrons. The molecule has 2 aromatic heterocycles. The van der Waals surface area contributed by atoms with Crippen LogP contribution in [0.3, 0.4) is 0 Å². The van der Waals surface area contributed by atoms with Crippen molar-refractivity contribution in [1.82, 2.24) is 20.3 Å². The van der Waals surface area contributed by atoms with Crippen LogP contribution in [0.4, 0.5) is 10.2 Å². The third-order valence-electron chi connectivity index (χ3n) is 6.29. The number of piperidine rings is 1. The van der Waals surface area contributed by atoms with Crippen molar-refractivity contribution in [3.8, 4) is 11.3 Å². The van der Waals surface area contributed by atoms with E-state index >= 15 is 0 Å². The second kappa shape index (κ2) is 9.35. The molecule has 172 valence electrons. The number of carbonyl (C=O) groups excluding carboxylic acids is 1. The summed E-state index contributed by atoms with van der Waals surface area (Å²) in [5.41, 5.74) is 3.01. The third-order valence-corrected chi connectivity index (χ3v) is 6.52. The van der Waals surface area contributed by atoms with Crippen LogP contribution in [0, 0.1) is 5.82 Å². The predicted octanol–water partition coefficient (Wildman–Crippen LogP) is 5.23. The number of pyridine rings is 1. The molecule has 1 aliphatic rings. The molecule has 0 bridgehead atoms. The molecule has 4 aromatic rings. The molecule has 0 aliphatic carbocycles. The molecule has 0 saturated carbocycles. The Morgan fingerprint density at radius 2 is 1.82 bits per heavy atom. The second-order valence-electron chi connectivity index (χ2n) is 8.33. The number of hydrogen-bond acceptors (Lipinski definition) is 5. The van der Waals surface area contributed by atoms with Crippen molar-refractivity contribution in [3.63, 3.8) is 0 Å². The van der Waals surface area contributed by atoms with Crippen molar-refractivity contribution in [2.24, 2.45) is 0 Å². The summed E-state index contributed by atoms with van der Waals surface area (Å²) < 4.78 is 14.6. The van der Waals surface area contributed by atoms with Gasteiger partial charge in [-0.3, -0.25) is 14.8 Å². The fourth-order valence-electron chi connectivity index (χ4n) is 4.49. The summed E-state index contributed by atoms with van der Waals surface area (Å²) in [4.78, 5) is 28.0. The van der Waals surface area contributed by atoms with Gasteiger partial charge >= 0.3 is 0 Å². The molecule has 1 saturated heterocycles. The quantitative estimate of drug-likeness (QED) is 0.437. The number of benzene rings is 2. The van der Waals surface area contributed by atoms with Gasteiger partial charge in [0.2, 0.25) is 0 Å². The summed E-state index contributed by atoms with van der Waals surface area (Å²) >= 11 is 6.14. The lowest BCUT2D eigenvalue weighted by Gasteiger charge is -2.33. The highest BCUT2D eigenvalue weighted by atomic mass is 35.5. The van der Waals surface area contributed by atoms with Gasteiger partial charge in [-0.1, -0.05) is 23.7 Å². The Bertz CT molecular complexity index is 1370. The highest BCUT2D eigenvalue weighted by Crippen LogP contribution is 2.34. The molecule has 1 N–H and O–H groups in total. The molecule has 0 atom stereocenters. The first kappa shape index (κ1) is 22.2. The number of nitrogens with one attached hydrogen (secondary N) is 1. The Hall–Kier alpha value is -3.58. The average molecular weight is 476 g/mol. The van der Waals surface area contributed by atoms with Gasteiger partial charge in [-0.15, -0.1) is 0 Å². The largest absolute Gasteiger partial charge is 0.357 e. The maximum atomic E-state index is 14.6. The molecule has 0 spiro atoms. The van der Waals surface area contributed by atoms with Gasteiger partial charge in [-0.25, -0.2) is 9.37 Å². The minimum atomic E-state index is -0.578. The smallest absolute Gasteiger partial charge is 0.253 e. The van der Waals surface area contributed by atoms with Gasteiger partial charge in [0.15, 0.2) is 0 Å². The first-order chi connectivity index (χ1) is 16.5. The van der Waals surface area contributed by atoms with Crippen LogP contribution in [0.2, 0.25) is 5.02 Å². The van der Waals surface area contributed by atoms with Crippen molar-refractivity contribution >= 4 is 34.2 Å². The zero-order valence-corrected chi connectivity index (χ0v) is 19.4. The fourth-order valence-corrected chi connectivity index (χ4v) is 4.66. The van der Waals surface area contributed by atoms with E-state index in [1.54, 1.807) is 18.5 Å². The molecule has 5 rings (SSSR count). The number of hydrogen-bond donors (Lipinski definition) is 1. The van der Waals surface area contributed by atoms with Gasteiger partial charge < -0.3 is 10.2 Å². The predicted molar refractivity (Wildman–Crippen MR) is 132 cm³/mol. The Balaban J connectivity index is 1.36. The molecule has 34 heavy (non-hydrogen) atoms. The number of halogens is 2. The minimum Gasteiger partial charge on any atom is -0.357 e. The minimum absolute atomic E-state index is 0.00849. The Morgan fingerprint density at radius 3 is 2.59 bits per heavy atom. The van der Waals surface area contributed by atoms with Crippen molar-refractivity contribution < 1.29 is 9.18 Å². The van der Waals surface area contributed by atoms with Crippen LogP contribution < -0.4 is 10.2 Å². The van der Waals surface area contributed by atoms with E-state index in [1.807, 2.05) is 24.3 Å². The summed E-state index contributed by atoms with van der Waals surface area (Å²) in [7, 11) is 1.48. The Morgan fingerprint density at radius 1 is 1.06 bits per heavy atom. The average Bonchev–Trinajstić information content (AvgIpc) is 2.88. The molecule has 8 heteroatoms. The summed E-state index contributed by atoms with van der Waals surface area (Å²) in [6.07, 6.45) is 5.04. The molecular formula is C26H23ClFN5O.